The van der Waals surface area contributed by atoms with Gasteiger partial charge in [0.25, 0.3) is 0 Å². The standard InChI is InChI=1S/C9H14O2/c1-5(2)8-7(10)4-6(3)9(8)11/h6,9,11H,4H2,1-3H3/t6-,9?/m0/s1. The third-order valence-electron chi connectivity index (χ3n) is 2.18. The number of hydrogen-bond acceptors (Lipinski definition) is 2. The summed E-state index contributed by atoms with van der Waals surface area (Å²) in [6.07, 6.45) is -0.0192. The first-order chi connectivity index (χ1) is 5.04. The molecule has 1 unspecified atom stereocenters. The summed E-state index contributed by atoms with van der Waals surface area (Å²) in [4.78, 5) is 11.2. The Morgan fingerprint density at radius 1 is 1.55 bits per heavy atom. The van der Waals surface area contributed by atoms with Crippen molar-refractivity contribution in [3.05, 3.63) is 11.1 Å². The van der Waals surface area contributed by atoms with Crippen molar-refractivity contribution in [2.45, 2.75) is 33.3 Å². The molecule has 0 aromatic rings. The molecule has 0 aliphatic heterocycles. The number of Topliss-reactive ketones (excluding diaryl/α,β-unsaturated/α-hetero) is 1. The summed E-state index contributed by atoms with van der Waals surface area (Å²) in [5.74, 6) is 0.220. The lowest BCUT2D eigenvalue weighted by atomic mass is 10.0. The van der Waals surface area contributed by atoms with E-state index in [1.54, 1.807) is 0 Å². The highest BCUT2D eigenvalue weighted by Gasteiger charge is 2.33. The normalized spacial score (nSPS) is 31.3. The fraction of sp³-hybridized carbons (Fsp3) is 0.667. The second kappa shape index (κ2) is 2.78. The summed E-state index contributed by atoms with van der Waals surface area (Å²) in [6, 6.07) is 0. The van der Waals surface area contributed by atoms with Crippen LogP contribution in [-0.2, 0) is 4.79 Å². The monoisotopic (exact) mass is 154 g/mol. The zero-order chi connectivity index (χ0) is 8.59. The van der Waals surface area contributed by atoms with Crippen molar-refractivity contribution >= 4 is 5.78 Å². The van der Waals surface area contributed by atoms with Gasteiger partial charge in [0.15, 0.2) is 5.78 Å². The molecule has 0 heterocycles. The predicted octanol–water partition coefficient (Wildman–Crippen LogP) is 1.29. The third kappa shape index (κ3) is 1.36. The highest BCUT2D eigenvalue weighted by Crippen LogP contribution is 2.29. The Kier molecular flexibility index (Phi) is 2.14. The van der Waals surface area contributed by atoms with E-state index in [9.17, 15) is 9.90 Å². The van der Waals surface area contributed by atoms with Gasteiger partial charge >= 0.3 is 0 Å². The average Bonchev–Trinajstić information content (AvgIpc) is 2.07. The average molecular weight is 154 g/mol. The van der Waals surface area contributed by atoms with E-state index in [0.717, 1.165) is 5.57 Å². The summed E-state index contributed by atoms with van der Waals surface area (Å²) in [5, 5.41) is 9.52. The van der Waals surface area contributed by atoms with Crippen LogP contribution in [-0.4, -0.2) is 17.0 Å². The molecule has 2 heteroatoms. The molecule has 0 amide bonds. The van der Waals surface area contributed by atoms with Crippen molar-refractivity contribution in [2.24, 2.45) is 5.92 Å². The van der Waals surface area contributed by atoms with E-state index < -0.39 is 6.10 Å². The number of rotatable bonds is 0. The lowest BCUT2D eigenvalue weighted by Crippen LogP contribution is -2.13. The van der Waals surface area contributed by atoms with Crippen molar-refractivity contribution in [3.63, 3.8) is 0 Å². The Balaban J connectivity index is 2.98. The van der Waals surface area contributed by atoms with Gasteiger partial charge in [-0.1, -0.05) is 12.5 Å². The van der Waals surface area contributed by atoms with Crippen LogP contribution in [0.3, 0.4) is 0 Å². The van der Waals surface area contributed by atoms with Crippen LogP contribution >= 0.6 is 0 Å². The Morgan fingerprint density at radius 2 is 2.09 bits per heavy atom. The fourth-order valence-corrected chi connectivity index (χ4v) is 1.54. The quantitative estimate of drug-likeness (QED) is 0.534. The van der Waals surface area contributed by atoms with Crippen LogP contribution in [0.2, 0.25) is 0 Å². The van der Waals surface area contributed by atoms with Gasteiger partial charge in [0.2, 0.25) is 0 Å². The fourth-order valence-electron chi connectivity index (χ4n) is 1.54. The molecule has 1 aliphatic rings. The smallest absolute Gasteiger partial charge is 0.161 e. The second-order valence-corrected chi connectivity index (χ2v) is 3.46. The van der Waals surface area contributed by atoms with Gasteiger partial charge in [0, 0.05) is 12.0 Å². The first-order valence-electron chi connectivity index (χ1n) is 3.92. The van der Waals surface area contributed by atoms with E-state index >= 15 is 0 Å². The van der Waals surface area contributed by atoms with Crippen LogP contribution in [0.15, 0.2) is 11.1 Å². The SMILES string of the molecule is CC(C)=C1C(=O)C[C@H](C)C1O. The molecule has 62 valence electrons. The van der Waals surface area contributed by atoms with Crippen molar-refractivity contribution < 1.29 is 9.90 Å². The molecule has 2 atom stereocenters. The molecular formula is C9H14O2. The predicted molar refractivity (Wildman–Crippen MR) is 43.2 cm³/mol. The number of ketones is 1. The van der Waals surface area contributed by atoms with Gasteiger partial charge in [-0.15, -0.1) is 0 Å². The van der Waals surface area contributed by atoms with Crippen LogP contribution < -0.4 is 0 Å². The first-order valence-corrected chi connectivity index (χ1v) is 3.92. The number of carbonyl (C=O) groups excluding carboxylic acids is 1. The molecule has 1 saturated carbocycles. The Hall–Kier alpha value is -0.630. The zero-order valence-electron chi connectivity index (χ0n) is 7.22. The van der Waals surface area contributed by atoms with Crippen LogP contribution in [0.1, 0.15) is 27.2 Å². The maximum atomic E-state index is 11.2. The first kappa shape index (κ1) is 8.47. The Labute approximate surface area is 66.9 Å². The molecule has 11 heavy (non-hydrogen) atoms. The molecule has 1 rings (SSSR count). The molecular weight excluding hydrogens is 140 g/mol. The van der Waals surface area contributed by atoms with Gasteiger partial charge in [-0.05, 0) is 19.8 Å². The number of allylic oxidation sites excluding steroid dienone is 1. The van der Waals surface area contributed by atoms with Crippen molar-refractivity contribution in [1.82, 2.24) is 0 Å². The van der Waals surface area contributed by atoms with Crippen molar-refractivity contribution in [2.75, 3.05) is 0 Å². The molecule has 0 saturated heterocycles. The van der Waals surface area contributed by atoms with Crippen molar-refractivity contribution in [1.29, 1.82) is 0 Å². The minimum absolute atomic E-state index is 0.104. The molecule has 0 aromatic carbocycles. The maximum Gasteiger partial charge on any atom is 0.161 e. The van der Waals surface area contributed by atoms with Crippen LogP contribution in [0.5, 0.6) is 0 Å². The molecule has 0 spiro atoms. The number of carbonyl (C=O) groups is 1. The molecule has 0 aromatic heterocycles. The number of aliphatic hydroxyl groups is 1. The van der Waals surface area contributed by atoms with Crippen LogP contribution in [0.4, 0.5) is 0 Å². The summed E-state index contributed by atoms with van der Waals surface area (Å²) >= 11 is 0. The van der Waals surface area contributed by atoms with Gasteiger partial charge in [0.05, 0.1) is 6.10 Å². The third-order valence-corrected chi connectivity index (χ3v) is 2.18. The van der Waals surface area contributed by atoms with E-state index in [-0.39, 0.29) is 11.7 Å². The summed E-state index contributed by atoms with van der Waals surface area (Å²) < 4.78 is 0. The number of hydrogen-bond donors (Lipinski definition) is 1. The van der Waals surface area contributed by atoms with Crippen molar-refractivity contribution in [3.8, 4) is 0 Å². The maximum absolute atomic E-state index is 11.2. The molecule has 2 nitrogen and oxygen atoms in total. The summed E-state index contributed by atoms with van der Waals surface area (Å²) in [6.45, 7) is 5.64. The minimum atomic E-state index is -0.521. The lowest BCUT2D eigenvalue weighted by molar-refractivity contribution is -0.114. The topological polar surface area (TPSA) is 37.3 Å². The van der Waals surface area contributed by atoms with Gasteiger partial charge < -0.3 is 5.11 Å². The highest BCUT2D eigenvalue weighted by molar-refractivity contribution is 5.99. The molecule has 1 fully saturated rings. The Bertz CT molecular complexity index is 212. The molecule has 1 aliphatic carbocycles. The van der Waals surface area contributed by atoms with Crippen LogP contribution in [0.25, 0.3) is 0 Å². The van der Waals surface area contributed by atoms with Gasteiger partial charge in [-0.3, -0.25) is 4.79 Å². The van der Waals surface area contributed by atoms with Gasteiger partial charge in [-0.25, -0.2) is 0 Å². The van der Waals surface area contributed by atoms with Gasteiger partial charge in [0.1, 0.15) is 0 Å². The second-order valence-electron chi connectivity index (χ2n) is 3.46. The lowest BCUT2D eigenvalue weighted by Gasteiger charge is -2.08. The van der Waals surface area contributed by atoms with E-state index in [4.69, 9.17) is 0 Å². The molecule has 0 bridgehead atoms. The molecule has 0 radical (unpaired) electrons. The van der Waals surface area contributed by atoms with E-state index in [1.807, 2.05) is 20.8 Å². The Morgan fingerprint density at radius 3 is 2.27 bits per heavy atom. The largest absolute Gasteiger partial charge is 0.388 e. The molecule has 1 N–H and O–H groups in total. The summed E-state index contributed by atoms with van der Waals surface area (Å²) in [5.41, 5.74) is 1.59. The van der Waals surface area contributed by atoms with Gasteiger partial charge in [-0.2, -0.15) is 0 Å². The van der Waals surface area contributed by atoms with E-state index in [2.05, 4.69) is 0 Å². The highest BCUT2D eigenvalue weighted by atomic mass is 16.3. The zero-order valence-corrected chi connectivity index (χ0v) is 7.22. The van der Waals surface area contributed by atoms with Crippen LogP contribution in [0, 0.1) is 5.92 Å². The van der Waals surface area contributed by atoms with E-state index in [1.165, 1.54) is 0 Å². The number of aliphatic hydroxyl groups excluding tert-OH is 1. The summed E-state index contributed by atoms with van der Waals surface area (Å²) in [7, 11) is 0. The minimum Gasteiger partial charge on any atom is -0.388 e. The van der Waals surface area contributed by atoms with E-state index in [0.29, 0.717) is 12.0 Å².